The number of carbonyl (C=O) groups is 3. The number of benzene rings is 1. The number of methoxy groups -OCH3 is 1. The van der Waals surface area contributed by atoms with E-state index in [0.717, 1.165) is 19.3 Å². The maximum Gasteiger partial charge on any atom is 0.274 e. The zero-order valence-electron chi connectivity index (χ0n) is 18.9. The van der Waals surface area contributed by atoms with Gasteiger partial charge < -0.3 is 24.4 Å². The van der Waals surface area contributed by atoms with Gasteiger partial charge in [0.25, 0.3) is 11.5 Å². The fourth-order valence-corrected chi connectivity index (χ4v) is 4.33. The van der Waals surface area contributed by atoms with Gasteiger partial charge in [0.1, 0.15) is 11.4 Å². The zero-order valence-corrected chi connectivity index (χ0v) is 18.9. The molecule has 2 aliphatic rings. The summed E-state index contributed by atoms with van der Waals surface area (Å²) < 4.78 is 6.45. The van der Waals surface area contributed by atoms with E-state index in [1.165, 1.54) is 16.8 Å². The van der Waals surface area contributed by atoms with Gasteiger partial charge in [-0.1, -0.05) is 0 Å². The Morgan fingerprint density at radius 3 is 2.42 bits per heavy atom. The van der Waals surface area contributed by atoms with E-state index in [0.29, 0.717) is 30.1 Å². The minimum atomic E-state index is -0.606. The van der Waals surface area contributed by atoms with Crippen LogP contribution in [0.3, 0.4) is 0 Å². The molecule has 0 spiro atoms. The molecule has 9 heteroatoms. The van der Waals surface area contributed by atoms with Crippen LogP contribution in [0.15, 0.2) is 41.3 Å². The van der Waals surface area contributed by atoms with E-state index in [4.69, 9.17) is 4.74 Å². The van der Waals surface area contributed by atoms with Gasteiger partial charge in [0.15, 0.2) is 0 Å². The van der Waals surface area contributed by atoms with Gasteiger partial charge in [-0.2, -0.15) is 0 Å². The highest BCUT2D eigenvalue weighted by atomic mass is 16.5. The molecule has 2 fully saturated rings. The van der Waals surface area contributed by atoms with Crippen molar-refractivity contribution in [2.75, 3.05) is 37.0 Å². The van der Waals surface area contributed by atoms with Crippen LogP contribution in [0.4, 0.5) is 11.4 Å². The second-order valence-corrected chi connectivity index (χ2v) is 8.50. The Hall–Kier alpha value is -3.62. The fraction of sp³-hybridized carbons (Fsp3) is 0.417. The number of carbonyl (C=O) groups excluding carboxylic acids is 3. The second kappa shape index (κ2) is 9.48. The van der Waals surface area contributed by atoms with Crippen molar-refractivity contribution in [2.45, 2.75) is 25.7 Å². The molecular formula is C24H28N4O5. The van der Waals surface area contributed by atoms with Gasteiger partial charge in [-0.05, 0) is 49.6 Å². The number of rotatable bonds is 5. The van der Waals surface area contributed by atoms with Crippen LogP contribution in [0.1, 0.15) is 36.0 Å². The number of pyridine rings is 1. The SMILES string of the molecule is COc1ccc(N2CC(C(=O)Nc3cc(C(=O)N4CCCCC4)cn(C)c3=O)CC2=O)cc1. The third-order valence-corrected chi connectivity index (χ3v) is 6.21. The van der Waals surface area contributed by atoms with Gasteiger partial charge >= 0.3 is 0 Å². The summed E-state index contributed by atoms with van der Waals surface area (Å²) in [5, 5.41) is 2.66. The number of likely N-dealkylation sites (tertiary alicyclic amines) is 1. The largest absolute Gasteiger partial charge is 0.497 e. The van der Waals surface area contributed by atoms with Crippen molar-refractivity contribution in [1.29, 1.82) is 0 Å². The lowest BCUT2D eigenvalue weighted by molar-refractivity contribution is -0.122. The van der Waals surface area contributed by atoms with Crippen LogP contribution in [-0.4, -0.2) is 53.9 Å². The van der Waals surface area contributed by atoms with Gasteiger partial charge in [-0.15, -0.1) is 0 Å². The Bertz CT molecular complexity index is 1120. The number of hydrogen-bond donors (Lipinski definition) is 1. The van der Waals surface area contributed by atoms with E-state index in [9.17, 15) is 19.2 Å². The Balaban J connectivity index is 1.48. The molecule has 2 aliphatic heterocycles. The second-order valence-electron chi connectivity index (χ2n) is 8.50. The minimum absolute atomic E-state index is 0.0423. The number of anilines is 2. The first-order chi connectivity index (χ1) is 15.9. The smallest absolute Gasteiger partial charge is 0.274 e. The fourth-order valence-electron chi connectivity index (χ4n) is 4.33. The molecule has 174 valence electrons. The van der Waals surface area contributed by atoms with Crippen molar-refractivity contribution in [3.8, 4) is 5.75 Å². The number of nitrogens with one attached hydrogen (secondary N) is 1. The Morgan fingerprint density at radius 2 is 1.76 bits per heavy atom. The maximum atomic E-state index is 12.9. The molecule has 1 aromatic carbocycles. The normalized spacial score (nSPS) is 18.4. The number of aromatic nitrogens is 1. The molecular weight excluding hydrogens is 424 g/mol. The van der Waals surface area contributed by atoms with E-state index in [-0.39, 0.29) is 30.5 Å². The highest BCUT2D eigenvalue weighted by molar-refractivity contribution is 6.04. The van der Waals surface area contributed by atoms with E-state index >= 15 is 0 Å². The molecule has 4 rings (SSSR count). The molecule has 33 heavy (non-hydrogen) atoms. The van der Waals surface area contributed by atoms with Crippen LogP contribution in [-0.2, 0) is 16.6 Å². The van der Waals surface area contributed by atoms with Gasteiger partial charge in [0.05, 0.1) is 18.6 Å². The maximum absolute atomic E-state index is 12.9. The first-order valence-corrected chi connectivity index (χ1v) is 11.1. The molecule has 0 aliphatic carbocycles. The van der Waals surface area contributed by atoms with E-state index in [1.807, 2.05) is 0 Å². The van der Waals surface area contributed by atoms with E-state index < -0.39 is 17.4 Å². The first-order valence-electron chi connectivity index (χ1n) is 11.1. The van der Waals surface area contributed by atoms with Crippen LogP contribution < -0.4 is 20.5 Å². The van der Waals surface area contributed by atoms with E-state index in [2.05, 4.69) is 5.32 Å². The summed E-state index contributed by atoms with van der Waals surface area (Å²) in [7, 11) is 3.12. The van der Waals surface area contributed by atoms with Crippen molar-refractivity contribution in [1.82, 2.24) is 9.47 Å². The molecule has 1 atom stereocenters. The topological polar surface area (TPSA) is 101 Å². The van der Waals surface area contributed by atoms with Crippen molar-refractivity contribution < 1.29 is 19.1 Å². The molecule has 0 saturated carbocycles. The molecule has 0 radical (unpaired) electrons. The predicted octanol–water partition coefficient (Wildman–Crippen LogP) is 2.01. The number of amides is 3. The Kier molecular flexibility index (Phi) is 6.48. The number of ether oxygens (including phenoxy) is 1. The number of nitrogens with zero attached hydrogens (tertiary/aromatic N) is 3. The van der Waals surface area contributed by atoms with Crippen molar-refractivity contribution in [3.63, 3.8) is 0 Å². The predicted molar refractivity (Wildman–Crippen MR) is 124 cm³/mol. The van der Waals surface area contributed by atoms with Crippen molar-refractivity contribution in [3.05, 3.63) is 52.4 Å². The molecule has 2 aromatic rings. The van der Waals surface area contributed by atoms with Gasteiger partial charge in [-0.25, -0.2) is 0 Å². The highest BCUT2D eigenvalue weighted by Crippen LogP contribution is 2.27. The molecule has 1 N–H and O–H groups in total. The van der Waals surface area contributed by atoms with Crippen LogP contribution in [0.5, 0.6) is 5.75 Å². The monoisotopic (exact) mass is 452 g/mol. The summed E-state index contributed by atoms with van der Waals surface area (Å²) >= 11 is 0. The average molecular weight is 453 g/mol. The summed E-state index contributed by atoms with van der Waals surface area (Å²) in [6, 6.07) is 8.48. The summed E-state index contributed by atoms with van der Waals surface area (Å²) in [6.45, 7) is 1.59. The minimum Gasteiger partial charge on any atom is -0.497 e. The lowest BCUT2D eigenvalue weighted by Crippen LogP contribution is -2.37. The number of piperidine rings is 1. The lowest BCUT2D eigenvalue weighted by Gasteiger charge is -2.27. The van der Waals surface area contributed by atoms with E-state index in [1.54, 1.807) is 48.2 Å². The highest BCUT2D eigenvalue weighted by Gasteiger charge is 2.35. The summed E-state index contributed by atoms with van der Waals surface area (Å²) in [4.78, 5) is 54.3. The molecule has 0 bridgehead atoms. The van der Waals surface area contributed by atoms with Crippen LogP contribution in [0.25, 0.3) is 0 Å². The van der Waals surface area contributed by atoms with Gasteiger partial charge in [0, 0.05) is 45.0 Å². The Morgan fingerprint density at radius 1 is 1.06 bits per heavy atom. The quantitative estimate of drug-likeness (QED) is 0.748. The molecule has 2 saturated heterocycles. The summed E-state index contributed by atoms with van der Waals surface area (Å²) in [5.74, 6) is -0.663. The average Bonchev–Trinajstić information content (AvgIpc) is 3.23. The molecule has 3 heterocycles. The third-order valence-electron chi connectivity index (χ3n) is 6.21. The lowest BCUT2D eigenvalue weighted by atomic mass is 10.1. The van der Waals surface area contributed by atoms with Gasteiger partial charge in [0.2, 0.25) is 11.8 Å². The van der Waals surface area contributed by atoms with Crippen LogP contribution >= 0.6 is 0 Å². The molecule has 3 amide bonds. The van der Waals surface area contributed by atoms with Gasteiger partial charge in [-0.3, -0.25) is 19.2 Å². The molecule has 9 nitrogen and oxygen atoms in total. The number of aryl methyl sites for hydroxylation is 1. The standard InChI is InChI=1S/C24H28N4O5/c1-26-14-17(23(31)27-10-4-3-5-11-27)12-20(24(26)32)25-22(30)16-13-21(29)28(15-16)18-6-8-19(33-2)9-7-18/h6-9,12,14,16H,3-5,10-11,13,15H2,1-2H3,(H,25,30). The number of hydrogen-bond acceptors (Lipinski definition) is 5. The van der Waals surface area contributed by atoms with Crippen molar-refractivity contribution >= 4 is 29.1 Å². The summed E-state index contributed by atoms with van der Waals surface area (Å²) in [6.07, 6.45) is 4.57. The molecule has 1 unspecified atom stereocenters. The summed E-state index contributed by atoms with van der Waals surface area (Å²) in [5.41, 5.74) is 0.674. The Labute approximate surface area is 191 Å². The molecule has 1 aromatic heterocycles. The van der Waals surface area contributed by atoms with Crippen LogP contribution in [0, 0.1) is 5.92 Å². The third kappa shape index (κ3) is 4.76. The van der Waals surface area contributed by atoms with Crippen LogP contribution in [0.2, 0.25) is 0 Å². The first kappa shape index (κ1) is 22.6. The van der Waals surface area contributed by atoms with Crippen molar-refractivity contribution in [2.24, 2.45) is 13.0 Å². The zero-order chi connectivity index (χ0) is 23.5.